The minimum atomic E-state index is -4.27. The zero-order chi connectivity index (χ0) is 14.6. The molecule has 0 aliphatic heterocycles. The van der Waals surface area contributed by atoms with Crippen LogP contribution in [-0.4, -0.2) is 5.51 Å². The molecule has 2 rings (SSSR count). The van der Waals surface area contributed by atoms with E-state index in [1.165, 1.54) is 12.1 Å². The molecule has 1 nitrogen and oxygen atoms in total. The summed E-state index contributed by atoms with van der Waals surface area (Å²) in [6.07, 6.45) is 0. The van der Waals surface area contributed by atoms with Gasteiger partial charge in [-0.25, -0.2) is 0 Å². The number of nitrogen functional groups attached to an aromatic ring is 1. The minimum absolute atomic E-state index is 0.139. The molecule has 0 bridgehead atoms. The predicted molar refractivity (Wildman–Crippen MR) is 75.2 cm³/mol. The summed E-state index contributed by atoms with van der Waals surface area (Å²) in [6, 6.07) is 13.0. The summed E-state index contributed by atoms with van der Waals surface area (Å²) in [5.74, 6) is 5.79. The van der Waals surface area contributed by atoms with E-state index in [9.17, 15) is 13.2 Å². The molecule has 0 aliphatic rings. The van der Waals surface area contributed by atoms with Gasteiger partial charge in [-0.3, -0.25) is 0 Å². The van der Waals surface area contributed by atoms with Crippen LogP contribution >= 0.6 is 11.8 Å². The second-order valence-corrected chi connectivity index (χ2v) is 5.09. The molecule has 102 valence electrons. The van der Waals surface area contributed by atoms with E-state index in [2.05, 4.69) is 11.8 Å². The Balaban J connectivity index is 2.12. The van der Waals surface area contributed by atoms with E-state index in [0.29, 0.717) is 11.3 Å². The van der Waals surface area contributed by atoms with Gasteiger partial charge in [0.25, 0.3) is 0 Å². The molecule has 0 amide bonds. The quantitative estimate of drug-likeness (QED) is 0.482. The first kappa shape index (κ1) is 14.4. The Kier molecular flexibility index (Phi) is 4.26. The molecule has 2 aromatic rings. The van der Waals surface area contributed by atoms with Crippen LogP contribution in [0, 0.1) is 11.8 Å². The number of hydrogen-bond acceptors (Lipinski definition) is 2. The minimum Gasteiger partial charge on any atom is -0.399 e. The normalized spacial score (nSPS) is 10.8. The highest BCUT2D eigenvalue weighted by atomic mass is 32.2. The van der Waals surface area contributed by atoms with Gasteiger partial charge in [0.15, 0.2) is 0 Å². The van der Waals surface area contributed by atoms with Crippen LogP contribution in [0.3, 0.4) is 0 Å². The molecule has 0 heterocycles. The van der Waals surface area contributed by atoms with Crippen LogP contribution < -0.4 is 5.73 Å². The van der Waals surface area contributed by atoms with Crippen molar-refractivity contribution in [2.24, 2.45) is 0 Å². The largest absolute Gasteiger partial charge is 0.446 e. The lowest BCUT2D eigenvalue weighted by atomic mass is 10.2. The number of nitrogens with two attached hydrogens (primary N) is 1. The molecule has 0 spiro atoms. The van der Waals surface area contributed by atoms with E-state index >= 15 is 0 Å². The molecule has 0 saturated heterocycles. The number of benzene rings is 2. The van der Waals surface area contributed by atoms with Gasteiger partial charge in [-0.1, -0.05) is 17.9 Å². The van der Waals surface area contributed by atoms with Crippen molar-refractivity contribution in [2.45, 2.75) is 10.4 Å². The Labute approximate surface area is 119 Å². The van der Waals surface area contributed by atoms with E-state index in [-0.39, 0.29) is 16.7 Å². The highest BCUT2D eigenvalue weighted by molar-refractivity contribution is 8.00. The number of rotatable bonds is 1. The number of halogens is 3. The number of alkyl halides is 3. The van der Waals surface area contributed by atoms with Gasteiger partial charge < -0.3 is 5.73 Å². The third kappa shape index (κ3) is 4.56. The SMILES string of the molecule is Nc1cccc(C#Cc2ccc(SC(F)(F)F)cc2)c1. The Hall–Kier alpha value is -2.06. The van der Waals surface area contributed by atoms with Gasteiger partial charge in [-0.05, 0) is 54.2 Å². The summed E-state index contributed by atoms with van der Waals surface area (Å²) in [5.41, 5.74) is 3.39. The maximum absolute atomic E-state index is 12.2. The Bertz CT molecular complexity index is 651. The fourth-order valence-electron chi connectivity index (χ4n) is 1.50. The predicted octanol–water partition coefficient (Wildman–Crippen LogP) is 4.28. The monoisotopic (exact) mass is 293 g/mol. The van der Waals surface area contributed by atoms with Crippen LogP contribution in [0.15, 0.2) is 53.4 Å². The lowest BCUT2D eigenvalue weighted by Gasteiger charge is -2.04. The third-order valence-corrected chi connectivity index (χ3v) is 3.07. The maximum Gasteiger partial charge on any atom is 0.446 e. The zero-order valence-electron chi connectivity index (χ0n) is 10.2. The van der Waals surface area contributed by atoms with Gasteiger partial charge in [0, 0.05) is 21.7 Å². The van der Waals surface area contributed by atoms with Gasteiger partial charge in [-0.2, -0.15) is 13.2 Å². The van der Waals surface area contributed by atoms with E-state index < -0.39 is 5.51 Å². The number of thioether (sulfide) groups is 1. The molecular weight excluding hydrogens is 283 g/mol. The van der Waals surface area contributed by atoms with Gasteiger partial charge in [0.2, 0.25) is 0 Å². The van der Waals surface area contributed by atoms with Gasteiger partial charge in [-0.15, -0.1) is 0 Å². The van der Waals surface area contributed by atoms with Crippen molar-refractivity contribution in [1.29, 1.82) is 0 Å². The molecule has 20 heavy (non-hydrogen) atoms. The molecule has 0 aromatic heterocycles. The van der Waals surface area contributed by atoms with Gasteiger partial charge in [0.1, 0.15) is 0 Å². The molecule has 2 aromatic carbocycles. The second-order valence-electron chi connectivity index (χ2n) is 3.95. The van der Waals surface area contributed by atoms with Crippen LogP contribution in [0.2, 0.25) is 0 Å². The van der Waals surface area contributed by atoms with Gasteiger partial charge in [0.05, 0.1) is 0 Å². The average Bonchev–Trinajstić information content (AvgIpc) is 2.36. The average molecular weight is 293 g/mol. The van der Waals surface area contributed by atoms with Crippen molar-refractivity contribution >= 4 is 17.4 Å². The van der Waals surface area contributed by atoms with E-state index in [1.54, 1.807) is 30.3 Å². The molecule has 5 heteroatoms. The van der Waals surface area contributed by atoms with Crippen molar-refractivity contribution in [3.8, 4) is 11.8 Å². The molecule has 0 saturated carbocycles. The van der Waals surface area contributed by atoms with E-state index in [4.69, 9.17) is 5.73 Å². The number of hydrogen-bond donors (Lipinski definition) is 1. The van der Waals surface area contributed by atoms with Crippen molar-refractivity contribution < 1.29 is 13.2 Å². The standard InChI is InChI=1S/C15H10F3NS/c16-15(17,18)20-14-8-6-11(7-9-14)4-5-12-2-1-3-13(19)10-12/h1-3,6-10H,19H2. The molecule has 0 radical (unpaired) electrons. The third-order valence-electron chi connectivity index (χ3n) is 2.33. The summed E-state index contributed by atoms with van der Waals surface area (Å²) in [7, 11) is 0. The van der Waals surface area contributed by atoms with Crippen LogP contribution in [0.4, 0.5) is 18.9 Å². The first-order chi connectivity index (χ1) is 9.42. The van der Waals surface area contributed by atoms with Crippen molar-refractivity contribution in [1.82, 2.24) is 0 Å². The van der Waals surface area contributed by atoms with E-state index in [1.807, 2.05) is 6.07 Å². The molecule has 0 unspecified atom stereocenters. The summed E-state index contributed by atoms with van der Waals surface area (Å²) in [6.45, 7) is 0. The molecule has 0 aliphatic carbocycles. The van der Waals surface area contributed by atoms with Crippen LogP contribution in [0.1, 0.15) is 11.1 Å². The van der Waals surface area contributed by atoms with Crippen molar-refractivity contribution in [2.75, 3.05) is 5.73 Å². The Morgan fingerprint density at radius 1 is 0.900 bits per heavy atom. The lowest BCUT2D eigenvalue weighted by molar-refractivity contribution is -0.0328. The maximum atomic E-state index is 12.2. The van der Waals surface area contributed by atoms with E-state index in [0.717, 1.165) is 5.56 Å². The lowest BCUT2D eigenvalue weighted by Crippen LogP contribution is -1.98. The fourth-order valence-corrected chi connectivity index (χ4v) is 2.04. The summed E-state index contributed by atoms with van der Waals surface area (Å²) in [5, 5.41) is 0. The summed E-state index contributed by atoms with van der Waals surface area (Å²) < 4.78 is 36.5. The van der Waals surface area contributed by atoms with Crippen molar-refractivity contribution in [3.63, 3.8) is 0 Å². The van der Waals surface area contributed by atoms with Crippen LogP contribution in [0.25, 0.3) is 0 Å². The number of anilines is 1. The first-order valence-electron chi connectivity index (χ1n) is 5.66. The molecular formula is C15H10F3NS. The van der Waals surface area contributed by atoms with Crippen LogP contribution in [0.5, 0.6) is 0 Å². The Morgan fingerprint density at radius 2 is 1.55 bits per heavy atom. The molecule has 0 atom stereocenters. The van der Waals surface area contributed by atoms with Gasteiger partial charge >= 0.3 is 5.51 Å². The Morgan fingerprint density at radius 3 is 2.15 bits per heavy atom. The fraction of sp³-hybridized carbons (Fsp3) is 0.0667. The van der Waals surface area contributed by atoms with Crippen LogP contribution in [-0.2, 0) is 0 Å². The zero-order valence-corrected chi connectivity index (χ0v) is 11.1. The molecule has 0 fully saturated rings. The second kappa shape index (κ2) is 5.93. The molecule has 2 N–H and O–H groups in total. The summed E-state index contributed by atoms with van der Waals surface area (Å²) in [4.78, 5) is 0.145. The first-order valence-corrected chi connectivity index (χ1v) is 6.47. The topological polar surface area (TPSA) is 26.0 Å². The smallest absolute Gasteiger partial charge is 0.399 e. The highest BCUT2D eigenvalue weighted by Crippen LogP contribution is 2.36. The van der Waals surface area contributed by atoms with Crippen molar-refractivity contribution in [3.05, 3.63) is 59.7 Å². The highest BCUT2D eigenvalue weighted by Gasteiger charge is 2.28. The summed E-state index contributed by atoms with van der Waals surface area (Å²) >= 11 is -0.139.